The number of hydrogen-bond donors (Lipinski definition) is 0. The van der Waals surface area contributed by atoms with Crippen LogP contribution in [0.25, 0.3) is 0 Å². The van der Waals surface area contributed by atoms with E-state index in [0.717, 1.165) is 36.2 Å². The molecule has 0 saturated heterocycles. The Kier molecular flexibility index (Phi) is 5.33. The van der Waals surface area contributed by atoms with Gasteiger partial charge < -0.3 is 0 Å². The summed E-state index contributed by atoms with van der Waals surface area (Å²) in [5.41, 5.74) is -0.0487. The van der Waals surface area contributed by atoms with Gasteiger partial charge in [0.1, 0.15) is 6.17 Å². The average Bonchev–Trinajstić information content (AvgIpc) is 2.63. The molecule has 1 fully saturated rings. The van der Waals surface area contributed by atoms with Crippen molar-refractivity contribution >= 4 is 11.2 Å². The van der Waals surface area contributed by atoms with Gasteiger partial charge in [-0.3, -0.25) is 0 Å². The molecule has 0 N–H and O–H groups in total. The minimum atomic E-state index is -5.35. The molecule has 0 heterocycles. The maximum absolute atomic E-state index is 15.3. The van der Waals surface area contributed by atoms with Gasteiger partial charge in [0.25, 0.3) is 0 Å². The first kappa shape index (κ1) is 19.2. The summed E-state index contributed by atoms with van der Waals surface area (Å²) in [7, 11) is 0. The van der Waals surface area contributed by atoms with Crippen molar-refractivity contribution in [3.8, 4) is 0 Å². The van der Waals surface area contributed by atoms with Crippen LogP contribution in [0.1, 0.15) is 48.8 Å². The molecule has 0 radical (unpaired) electrons. The van der Waals surface area contributed by atoms with Gasteiger partial charge in [-0.25, -0.2) is 8.78 Å². The molecule has 0 spiro atoms. The summed E-state index contributed by atoms with van der Waals surface area (Å²) >= 11 is -5.35. The zero-order chi connectivity index (χ0) is 18.9. The first-order valence-electron chi connectivity index (χ1n) is 8.68. The number of aryl methyl sites for hydroxylation is 1. The number of benzene rings is 2. The summed E-state index contributed by atoms with van der Waals surface area (Å²) in [6, 6.07) is 11.8. The lowest BCUT2D eigenvalue weighted by atomic mass is 9.73. The van der Waals surface area contributed by atoms with E-state index in [0.29, 0.717) is 6.42 Å². The van der Waals surface area contributed by atoms with Crippen LogP contribution in [0.5, 0.6) is 0 Å². The van der Waals surface area contributed by atoms with E-state index in [2.05, 4.69) is 6.92 Å². The molecule has 0 amide bonds. The van der Waals surface area contributed by atoms with E-state index in [-0.39, 0.29) is 24.3 Å². The SMILES string of the molecule is CCc1ccc(C2CCC(F)(c3ccc(S(F)(F)F)cc3)C(F)C2)cc1. The highest BCUT2D eigenvalue weighted by Gasteiger charge is 2.46. The molecule has 1 aliphatic carbocycles. The molecule has 3 rings (SSSR count). The van der Waals surface area contributed by atoms with Gasteiger partial charge in [-0.15, -0.1) is 11.7 Å². The van der Waals surface area contributed by atoms with E-state index < -0.39 is 27.9 Å². The molecule has 2 aromatic rings. The summed E-state index contributed by atoms with van der Waals surface area (Å²) in [4.78, 5) is -0.773. The highest BCUT2D eigenvalue weighted by Crippen LogP contribution is 2.60. The van der Waals surface area contributed by atoms with Crippen LogP contribution in [0.2, 0.25) is 0 Å². The average molecular weight is 388 g/mol. The highest BCUT2D eigenvalue weighted by atomic mass is 32.3. The van der Waals surface area contributed by atoms with Crippen molar-refractivity contribution in [3.05, 3.63) is 65.2 Å². The zero-order valence-corrected chi connectivity index (χ0v) is 15.2. The predicted molar refractivity (Wildman–Crippen MR) is 95.7 cm³/mol. The van der Waals surface area contributed by atoms with Crippen LogP contribution in [0, 0.1) is 0 Å². The fraction of sp³-hybridized carbons (Fsp3) is 0.400. The molecule has 0 aromatic heterocycles. The van der Waals surface area contributed by atoms with Crippen LogP contribution >= 0.6 is 11.2 Å². The van der Waals surface area contributed by atoms with Crippen LogP contribution in [-0.4, -0.2) is 6.17 Å². The molecule has 26 heavy (non-hydrogen) atoms. The first-order valence-corrected chi connectivity index (χ1v) is 10.0. The van der Waals surface area contributed by atoms with E-state index >= 15 is 4.39 Å². The normalized spacial score (nSPS) is 27.3. The molecule has 0 nitrogen and oxygen atoms in total. The fourth-order valence-electron chi connectivity index (χ4n) is 3.64. The smallest absolute Gasteiger partial charge is 0.237 e. The van der Waals surface area contributed by atoms with Gasteiger partial charge in [0.15, 0.2) is 5.67 Å². The van der Waals surface area contributed by atoms with Crippen LogP contribution in [0.15, 0.2) is 53.4 Å². The van der Waals surface area contributed by atoms with Gasteiger partial charge in [0.2, 0.25) is 11.2 Å². The summed E-state index contributed by atoms with van der Waals surface area (Å²) in [5, 5.41) is 0. The van der Waals surface area contributed by atoms with Crippen LogP contribution in [0.4, 0.5) is 20.4 Å². The second kappa shape index (κ2) is 7.22. The van der Waals surface area contributed by atoms with Gasteiger partial charge in [-0.1, -0.05) is 43.3 Å². The van der Waals surface area contributed by atoms with Crippen molar-refractivity contribution < 1.29 is 20.4 Å². The van der Waals surface area contributed by atoms with E-state index in [1.54, 1.807) is 0 Å². The summed E-state index contributed by atoms with van der Waals surface area (Å²) in [6.07, 6.45) is -0.355. The minimum Gasteiger partial charge on any atom is -0.244 e. The molecule has 142 valence electrons. The van der Waals surface area contributed by atoms with Gasteiger partial charge in [-0.2, -0.15) is 0 Å². The Bertz CT molecular complexity index is 738. The quantitative estimate of drug-likeness (QED) is 0.475. The lowest BCUT2D eigenvalue weighted by molar-refractivity contribution is 0.00118. The van der Waals surface area contributed by atoms with E-state index in [1.807, 2.05) is 24.3 Å². The monoisotopic (exact) mass is 388 g/mol. The third-order valence-corrected chi connectivity index (χ3v) is 6.11. The Morgan fingerprint density at radius 3 is 2.12 bits per heavy atom. The number of hydrogen-bond acceptors (Lipinski definition) is 0. The van der Waals surface area contributed by atoms with Crippen molar-refractivity contribution in [2.45, 2.75) is 55.3 Å². The topological polar surface area (TPSA) is 0 Å². The van der Waals surface area contributed by atoms with Gasteiger partial charge in [0.05, 0.1) is 4.90 Å². The molecule has 6 heteroatoms. The predicted octanol–water partition coefficient (Wildman–Crippen LogP) is 7.54. The van der Waals surface area contributed by atoms with Crippen molar-refractivity contribution in [2.24, 2.45) is 0 Å². The molecule has 0 aliphatic heterocycles. The standard InChI is InChI=1S/C20H21F5S/c1-2-14-3-5-15(6-4-14)16-11-12-20(22,19(21)13-16)17-7-9-18(10-8-17)26(23,24)25/h3-10,16,19H,2,11-13H2,1H3. The summed E-state index contributed by atoms with van der Waals surface area (Å²) in [6.45, 7) is 2.05. The minimum absolute atomic E-state index is 0.00261. The van der Waals surface area contributed by atoms with E-state index in [4.69, 9.17) is 0 Å². The number of alkyl halides is 2. The van der Waals surface area contributed by atoms with Crippen molar-refractivity contribution in [1.29, 1.82) is 0 Å². The Morgan fingerprint density at radius 2 is 1.62 bits per heavy atom. The Morgan fingerprint density at radius 1 is 1.00 bits per heavy atom. The third kappa shape index (κ3) is 3.75. The maximum Gasteiger partial charge on any atom is 0.237 e. The van der Waals surface area contributed by atoms with E-state index in [1.165, 1.54) is 5.56 Å². The van der Waals surface area contributed by atoms with Crippen molar-refractivity contribution in [1.82, 2.24) is 0 Å². The molecule has 1 saturated carbocycles. The summed E-state index contributed by atoms with van der Waals surface area (Å²) < 4.78 is 68.3. The van der Waals surface area contributed by atoms with Crippen LogP contribution < -0.4 is 0 Å². The van der Waals surface area contributed by atoms with Crippen LogP contribution in [-0.2, 0) is 12.1 Å². The third-order valence-electron chi connectivity index (χ3n) is 5.31. The van der Waals surface area contributed by atoms with Gasteiger partial charge >= 0.3 is 0 Å². The maximum atomic E-state index is 15.3. The number of rotatable bonds is 4. The largest absolute Gasteiger partial charge is 0.244 e. The second-order valence-electron chi connectivity index (χ2n) is 6.83. The molecule has 1 aliphatic rings. The van der Waals surface area contributed by atoms with Gasteiger partial charge in [-0.05, 0) is 60.4 Å². The fourth-order valence-corrected chi connectivity index (χ4v) is 4.08. The molecule has 3 unspecified atom stereocenters. The van der Waals surface area contributed by atoms with Gasteiger partial charge in [0, 0.05) is 0 Å². The van der Waals surface area contributed by atoms with Crippen molar-refractivity contribution in [3.63, 3.8) is 0 Å². The summed E-state index contributed by atoms with van der Waals surface area (Å²) in [5.74, 6) is -0.0707. The Balaban J connectivity index is 1.76. The van der Waals surface area contributed by atoms with Crippen LogP contribution in [0.3, 0.4) is 0 Å². The lowest BCUT2D eigenvalue weighted by Crippen LogP contribution is -2.38. The van der Waals surface area contributed by atoms with Crippen molar-refractivity contribution in [2.75, 3.05) is 0 Å². The molecular formula is C20H21F5S. The number of halogens is 5. The molecule has 2 aromatic carbocycles. The Labute approximate surface area is 152 Å². The molecule has 3 atom stereocenters. The van der Waals surface area contributed by atoms with E-state index in [9.17, 15) is 16.0 Å². The zero-order valence-electron chi connectivity index (χ0n) is 14.4. The lowest BCUT2D eigenvalue weighted by Gasteiger charge is -2.37. The molecular weight excluding hydrogens is 367 g/mol. The second-order valence-corrected chi connectivity index (χ2v) is 8.11. The Hall–Kier alpha value is -1.56. The molecule has 0 bridgehead atoms. The first-order chi connectivity index (χ1) is 12.2. The highest BCUT2D eigenvalue weighted by molar-refractivity contribution is 8.20.